The first-order valence-electron chi connectivity index (χ1n) is 5.47. The van der Waals surface area contributed by atoms with Gasteiger partial charge in [0.15, 0.2) is 0 Å². The van der Waals surface area contributed by atoms with E-state index in [1.54, 1.807) is 7.11 Å². The number of hydrogen-bond acceptors (Lipinski definition) is 3. The summed E-state index contributed by atoms with van der Waals surface area (Å²) >= 11 is 1.98. The van der Waals surface area contributed by atoms with E-state index in [9.17, 15) is 0 Å². The third-order valence-electron chi connectivity index (χ3n) is 2.66. The predicted octanol–water partition coefficient (Wildman–Crippen LogP) is 2.52. The highest BCUT2D eigenvalue weighted by atomic mass is 32.2. The van der Waals surface area contributed by atoms with Crippen molar-refractivity contribution in [1.29, 1.82) is 0 Å². The Bertz CT molecular complexity index is 132. The van der Waals surface area contributed by atoms with Gasteiger partial charge in [-0.1, -0.05) is 20.8 Å². The first-order valence-corrected chi connectivity index (χ1v) is 6.52. The van der Waals surface area contributed by atoms with Crippen LogP contribution in [-0.2, 0) is 4.74 Å². The summed E-state index contributed by atoms with van der Waals surface area (Å²) in [6, 6.07) is 0.309. The quantitative estimate of drug-likeness (QED) is 0.681. The van der Waals surface area contributed by atoms with E-state index in [1.165, 1.54) is 6.42 Å². The zero-order valence-corrected chi connectivity index (χ0v) is 10.8. The molecule has 0 aromatic carbocycles. The smallest absolute Gasteiger partial charge is 0.0465 e. The summed E-state index contributed by atoms with van der Waals surface area (Å²) in [6.07, 6.45) is 2.29. The van der Waals surface area contributed by atoms with Crippen molar-refractivity contribution in [2.75, 3.05) is 19.5 Å². The lowest BCUT2D eigenvalue weighted by Crippen LogP contribution is -2.32. The molecule has 0 aliphatic heterocycles. The number of thioether (sulfide) groups is 1. The third-order valence-corrected chi connectivity index (χ3v) is 4.14. The highest BCUT2D eigenvalue weighted by Gasteiger charge is 2.13. The van der Waals surface area contributed by atoms with Crippen LogP contribution in [0.3, 0.4) is 0 Å². The average molecular weight is 219 g/mol. The zero-order valence-electron chi connectivity index (χ0n) is 9.95. The van der Waals surface area contributed by atoms with Crippen LogP contribution in [0.2, 0.25) is 0 Å². The van der Waals surface area contributed by atoms with Crippen LogP contribution in [0.5, 0.6) is 0 Å². The number of ether oxygens (including phenoxy) is 1. The molecule has 14 heavy (non-hydrogen) atoms. The summed E-state index contributed by atoms with van der Waals surface area (Å²) in [5.41, 5.74) is 6.08. The molecule has 0 aliphatic carbocycles. The molecular weight excluding hydrogens is 194 g/mol. The van der Waals surface area contributed by atoms with Gasteiger partial charge in [-0.3, -0.25) is 0 Å². The van der Waals surface area contributed by atoms with Crippen LogP contribution in [0.15, 0.2) is 0 Å². The lowest BCUT2D eigenvalue weighted by atomic mass is 10.0. The highest BCUT2D eigenvalue weighted by Crippen LogP contribution is 2.18. The van der Waals surface area contributed by atoms with Crippen LogP contribution in [0, 0.1) is 5.92 Å². The van der Waals surface area contributed by atoms with Gasteiger partial charge in [-0.25, -0.2) is 0 Å². The maximum atomic E-state index is 6.08. The van der Waals surface area contributed by atoms with Crippen LogP contribution in [0.4, 0.5) is 0 Å². The summed E-state index contributed by atoms with van der Waals surface area (Å²) in [5.74, 6) is 1.63. The van der Waals surface area contributed by atoms with E-state index in [0.717, 1.165) is 24.0 Å². The van der Waals surface area contributed by atoms with Crippen molar-refractivity contribution in [3.8, 4) is 0 Å². The molecule has 0 aromatic rings. The Hall–Kier alpha value is 0.270. The minimum absolute atomic E-state index is 0.309. The molecule has 0 rings (SSSR count). The van der Waals surface area contributed by atoms with Crippen molar-refractivity contribution in [3.05, 3.63) is 0 Å². The molecule has 0 spiro atoms. The molecule has 0 radical (unpaired) electrons. The normalized spacial score (nSPS) is 17.8. The van der Waals surface area contributed by atoms with Crippen molar-refractivity contribution in [2.45, 2.75) is 44.9 Å². The van der Waals surface area contributed by atoms with Crippen molar-refractivity contribution in [1.82, 2.24) is 0 Å². The molecule has 2 N–H and O–H groups in total. The molecule has 0 aliphatic rings. The molecule has 0 heterocycles. The van der Waals surface area contributed by atoms with Gasteiger partial charge >= 0.3 is 0 Å². The molecule has 2 nitrogen and oxygen atoms in total. The van der Waals surface area contributed by atoms with Crippen LogP contribution in [-0.4, -0.2) is 30.8 Å². The number of methoxy groups -OCH3 is 1. The minimum atomic E-state index is 0.309. The lowest BCUT2D eigenvalue weighted by Gasteiger charge is -2.20. The summed E-state index contributed by atoms with van der Waals surface area (Å²) in [6.45, 7) is 7.51. The van der Waals surface area contributed by atoms with Gasteiger partial charge in [-0.05, 0) is 18.8 Å². The first kappa shape index (κ1) is 14.3. The molecule has 0 saturated heterocycles. The van der Waals surface area contributed by atoms with Gasteiger partial charge in [0.25, 0.3) is 0 Å². The highest BCUT2D eigenvalue weighted by molar-refractivity contribution is 7.99. The van der Waals surface area contributed by atoms with Crippen LogP contribution in [0.1, 0.15) is 33.6 Å². The predicted molar refractivity (Wildman–Crippen MR) is 65.8 cm³/mol. The van der Waals surface area contributed by atoms with Crippen LogP contribution >= 0.6 is 11.8 Å². The fraction of sp³-hybridized carbons (Fsp3) is 1.00. The summed E-state index contributed by atoms with van der Waals surface area (Å²) in [4.78, 5) is 0. The molecular formula is C11H25NOS. The first-order chi connectivity index (χ1) is 6.61. The van der Waals surface area contributed by atoms with Gasteiger partial charge in [-0.15, -0.1) is 0 Å². The molecule has 0 amide bonds. The Morgan fingerprint density at radius 3 is 2.50 bits per heavy atom. The Morgan fingerprint density at radius 2 is 2.00 bits per heavy atom. The maximum absolute atomic E-state index is 6.08. The van der Waals surface area contributed by atoms with Gasteiger partial charge in [0.05, 0.1) is 0 Å². The molecule has 0 aromatic heterocycles. The molecule has 0 fully saturated rings. The molecule has 86 valence electrons. The Labute approximate surface area is 93.0 Å². The van der Waals surface area contributed by atoms with E-state index < -0.39 is 0 Å². The number of rotatable bonds is 8. The molecule has 0 saturated carbocycles. The topological polar surface area (TPSA) is 35.2 Å². The summed E-state index contributed by atoms with van der Waals surface area (Å²) in [7, 11) is 1.74. The zero-order chi connectivity index (χ0) is 11.0. The van der Waals surface area contributed by atoms with Crippen molar-refractivity contribution >= 4 is 11.8 Å². The standard InChI is InChI=1S/C11H25NOS/c1-5-10(3)14-8-11(12)9(2)6-7-13-4/h9-11H,5-8,12H2,1-4H3. The monoisotopic (exact) mass is 219 g/mol. The second-order valence-electron chi connectivity index (χ2n) is 3.97. The number of nitrogens with two attached hydrogens (primary N) is 1. The fourth-order valence-corrected chi connectivity index (χ4v) is 2.19. The van der Waals surface area contributed by atoms with Crippen molar-refractivity contribution < 1.29 is 4.74 Å². The van der Waals surface area contributed by atoms with Crippen molar-refractivity contribution in [3.63, 3.8) is 0 Å². The molecule has 0 bridgehead atoms. The van der Waals surface area contributed by atoms with Gasteiger partial charge in [0.1, 0.15) is 0 Å². The SMILES string of the molecule is CCC(C)SCC(N)C(C)CCOC. The van der Waals surface area contributed by atoms with E-state index >= 15 is 0 Å². The maximum Gasteiger partial charge on any atom is 0.0465 e. The average Bonchev–Trinajstić information content (AvgIpc) is 2.21. The fourth-order valence-electron chi connectivity index (χ4n) is 1.08. The van der Waals surface area contributed by atoms with Crippen LogP contribution < -0.4 is 5.73 Å². The minimum Gasteiger partial charge on any atom is -0.385 e. The lowest BCUT2D eigenvalue weighted by molar-refractivity contribution is 0.176. The van der Waals surface area contributed by atoms with E-state index in [4.69, 9.17) is 10.5 Å². The van der Waals surface area contributed by atoms with Crippen LogP contribution in [0.25, 0.3) is 0 Å². The summed E-state index contributed by atoms with van der Waals surface area (Å²) in [5, 5.41) is 0.732. The Kier molecular flexibility index (Phi) is 8.73. The second-order valence-corrected chi connectivity index (χ2v) is 5.45. The molecule has 3 atom stereocenters. The second kappa shape index (κ2) is 8.57. The van der Waals surface area contributed by atoms with Gasteiger partial charge in [0.2, 0.25) is 0 Å². The third kappa shape index (κ3) is 6.68. The Balaban J connectivity index is 3.55. The Morgan fingerprint density at radius 1 is 1.36 bits per heavy atom. The van der Waals surface area contributed by atoms with E-state index in [2.05, 4.69) is 20.8 Å². The van der Waals surface area contributed by atoms with Crippen molar-refractivity contribution in [2.24, 2.45) is 11.7 Å². The largest absolute Gasteiger partial charge is 0.385 e. The molecule has 3 unspecified atom stereocenters. The number of hydrogen-bond donors (Lipinski definition) is 1. The van der Waals surface area contributed by atoms with Gasteiger partial charge < -0.3 is 10.5 Å². The van der Waals surface area contributed by atoms with E-state index in [-0.39, 0.29) is 0 Å². The molecule has 3 heteroatoms. The van der Waals surface area contributed by atoms with E-state index in [1.807, 2.05) is 11.8 Å². The van der Waals surface area contributed by atoms with Gasteiger partial charge in [-0.2, -0.15) is 11.8 Å². The summed E-state index contributed by atoms with van der Waals surface area (Å²) < 4.78 is 5.05. The van der Waals surface area contributed by atoms with E-state index in [0.29, 0.717) is 12.0 Å². The van der Waals surface area contributed by atoms with Gasteiger partial charge in [0, 0.05) is 30.8 Å².